The van der Waals surface area contributed by atoms with Crippen LogP contribution in [0.2, 0.25) is 0 Å². The number of rotatable bonds is 7. The summed E-state index contributed by atoms with van der Waals surface area (Å²) >= 11 is 0. The lowest BCUT2D eigenvalue weighted by Crippen LogP contribution is -2.20. The normalized spacial score (nSPS) is 12.0. The van der Waals surface area contributed by atoms with Crippen LogP contribution in [-0.4, -0.2) is 14.1 Å². The monoisotopic (exact) mass is 392 g/mol. The predicted octanol–water partition coefficient (Wildman–Crippen LogP) is 4.68. The van der Waals surface area contributed by atoms with Gasteiger partial charge in [0.15, 0.2) is 0 Å². The van der Waals surface area contributed by atoms with Crippen LogP contribution in [0.25, 0.3) is 0 Å². The number of hydrogen-bond donors (Lipinski definition) is 1. The summed E-state index contributed by atoms with van der Waals surface area (Å²) in [4.78, 5) is 2.58. The van der Waals surface area contributed by atoms with Gasteiger partial charge in [0.1, 0.15) is 0 Å². The van der Waals surface area contributed by atoms with Crippen LogP contribution in [0.4, 0.5) is 0 Å². The zero-order valence-electron chi connectivity index (χ0n) is 16.1. The number of benzene rings is 3. The Morgan fingerprint density at radius 3 is 2.25 bits per heavy atom. The minimum Gasteiger partial charge on any atom is -0.200 e. The SMILES string of the molecule is CC/C(=N\NS(=O)(=O)c1ccc(C)cc1)c1cccc(Cc2ccccc2)c1. The summed E-state index contributed by atoms with van der Waals surface area (Å²) in [5, 5.41) is 4.21. The predicted molar refractivity (Wildman–Crippen MR) is 114 cm³/mol. The fourth-order valence-electron chi connectivity index (χ4n) is 2.93. The Morgan fingerprint density at radius 2 is 1.57 bits per heavy atom. The van der Waals surface area contributed by atoms with Crippen LogP contribution in [0.15, 0.2) is 88.9 Å². The highest BCUT2D eigenvalue weighted by Crippen LogP contribution is 2.14. The molecule has 1 N–H and O–H groups in total. The third kappa shape index (κ3) is 5.08. The number of hydrogen-bond acceptors (Lipinski definition) is 3. The van der Waals surface area contributed by atoms with Crippen molar-refractivity contribution >= 4 is 15.7 Å². The average Bonchev–Trinajstić information content (AvgIpc) is 2.70. The van der Waals surface area contributed by atoms with Crippen molar-refractivity contribution in [1.82, 2.24) is 4.83 Å². The second kappa shape index (κ2) is 8.85. The Labute approximate surface area is 167 Å². The van der Waals surface area contributed by atoms with Gasteiger partial charge < -0.3 is 0 Å². The van der Waals surface area contributed by atoms with Crippen LogP contribution in [-0.2, 0) is 16.4 Å². The number of hydrazone groups is 1. The van der Waals surface area contributed by atoms with Crippen LogP contribution >= 0.6 is 0 Å². The molecule has 0 aliphatic heterocycles. The standard InChI is InChI=1S/C23H24N2O2S/c1-3-23(24-25-28(26,27)22-14-12-18(2)13-15-22)21-11-7-10-20(17-21)16-19-8-5-4-6-9-19/h4-15,17,25H,3,16H2,1-2H3/b24-23+. The van der Waals surface area contributed by atoms with Gasteiger partial charge in [-0.1, -0.05) is 73.2 Å². The first-order valence-electron chi connectivity index (χ1n) is 9.26. The van der Waals surface area contributed by atoms with Crippen molar-refractivity contribution in [2.24, 2.45) is 5.10 Å². The van der Waals surface area contributed by atoms with E-state index in [1.54, 1.807) is 24.3 Å². The quantitative estimate of drug-likeness (QED) is 0.469. The van der Waals surface area contributed by atoms with Crippen molar-refractivity contribution in [3.8, 4) is 0 Å². The van der Waals surface area contributed by atoms with E-state index in [1.807, 2.05) is 44.2 Å². The van der Waals surface area contributed by atoms with Gasteiger partial charge in [-0.3, -0.25) is 0 Å². The molecule has 0 unspecified atom stereocenters. The van der Waals surface area contributed by atoms with E-state index in [-0.39, 0.29) is 4.90 Å². The van der Waals surface area contributed by atoms with Gasteiger partial charge in [-0.25, -0.2) is 0 Å². The molecule has 0 radical (unpaired) electrons. The number of nitrogens with zero attached hydrogens (tertiary/aromatic N) is 1. The third-order valence-corrected chi connectivity index (χ3v) is 5.70. The van der Waals surface area contributed by atoms with E-state index in [4.69, 9.17) is 0 Å². The highest BCUT2D eigenvalue weighted by Gasteiger charge is 2.13. The summed E-state index contributed by atoms with van der Waals surface area (Å²) in [7, 11) is -3.69. The van der Waals surface area contributed by atoms with Crippen molar-refractivity contribution in [2.45, 2.75) is 31.6 Å². The van der Waals surface area contributed by atoms with Crippen LogP contribution in [0.3, 0.4) is 0 Å². The minimum absolute atomic E-state index is 0.204. The van der Waals surface area contributed by atoms with Crippen molar-refractivity contribution in [1.29, 1.82) is 0 Å². The van der Waals surface area contributed by atoms with Gasteiger partial charge >= 0.3 is 0 Å². The largest absolute Gasteiger partial charge is 0.276 e. The second-order valence-corrected chi connectivity index (χ2v) is 8.34. The molecular formula is C23H24N2O2S. The molecule has 0 spiro atoms. The van der Waals surface area contributed by atoms with E-state index in [0.29, 0.717) is 12.1 Å². The number of sulfonamides is 1. The summed E-state index contributed by atoms with van der Waals surface area (Å²) in [5.74, 6) is 0. The van der Waals surface area contributed by atoms with Crippen LogP contribution in [0.1, 0.15) is 35.6 Å². The summed E-state index contributed by atoms with van der Waals surface area (Å²) in [6.45, 7) is 3.88. The molecule has 0 heterocycles. The molecule has 3 rings (SSSR count). The van der Waals surface area contributed by atoms with Crippen molar-refractivity contribution < 1.29 is 8.42 Å². The van der Waals surface area contributed by atoms with E-state index in [0.717, 1.165) is 23.1 Å². The molecule has 0 saturated carbocycles. The average molecular weight is 393 g/mol. The van der Waals surface area contributed by atoms with E-state index in [9.17, 15) is 8.42 Å². The molecule has 4 nitrogen and oxygen atoms in total. The lowest BCUT2D eigenvalue weighted by molar-refractivity contribution is 0.584. The molecule has 3 aromatic rings. The maximum atomic E-state index is 12.5. The summed E-state index contributed by atoms with van der Waals surface area (Å²) < 4.78 is 25.0. The topological polar surface area (TPSA) is 58.5 Å². The molecule has 0 aliphatic rings. The van der Waals surface area contributed by atoms with Gasteiger partial charge in [-0.05, 0) is 54.7 Å². The zero-order valence-corrected chi connectivity index (χ0v) is 16.9. The van der Waals surface area contributed by atoms with Gasteiger partial charge in [0.25, 0.3) is 10.0 Å². The van der Waals surface area contributed by atoms with Gasteiger partial charge in [-0.2, -0.15) is 18.4 Å². The van der Waals surface area contributed by atoms with Crippen LogP contribution in [0, 0.1) is 6.92 Å². The molecule has 0 aliphatic carbocycles. The maximum Gasteiger partial charge on any atom is 0.276 e. The molecule has 5 heteroatoms. The van der Waals surface area contributed by atoms with Crippen LogP contribution < -0.4 is 4.83 Å². The van der Waals surface area contributed by atoms with Gasteiger partial charge in [0, 0.05) is 0 Å². The fourth-order valence-corrected chi connectivity index (χ4v) is 3.76. The molecular weight excluding hydrogens is 368 g/mol. The molecule has 0 fully saturated rings. The van der Waals surface area contributed by atoms with Crippen molar-refractivity contribution in [3.63, 3.8) is 0 Å². The molecule has 0 aromatic heterocycles. The van der Waals surface area contributed by atoms with E-state index in [2.05, 4.69) is 34.2 Å². The Kier molecular flexibility index (Phi) is 6.26. The molecule has 28 heavy (non-hydrogen) atoms. The first kappa shape index (κ1) is 19.8. The molecule has 3 aromatic carbocycles. The molecule has 0 saturated heterocycles. The van der Waals surface area contributed by atoms with Gasteiger partial charge in [0.05, 0.1) is 10.6 Å². The summed E-state index contributed by atoms with van der Waals surface area (Å²) in [6.07, 6.45) is 1.44. The minimum atomic E-state index is -3.69. The fraction of sp³-hybridized carbons (Fsp3) is 0.174. The smallest absolute Gasteiger partial charge is 0.200 e. The zero-order chi connectivity index (χ0) is 20.0. The van der Waals surface area contributed by atoms with E-state index in [1.165, 1.54) is 5.56 Å². The van der Waals surface area contributed by atoms with Gasteiger partial charge in [0.2, 0.25) is 0 Å². The third-order valence-electron chi connectivity index (χ3n) is 4.48. The highest BCUT2D eigenvalue weighted by molar-refractivity contribution is 7.89. The lowest BCUT2D eigenvalue weighted by Gasteiger charge is -2.09. The summed E-state index contributed by atoms with van der Waals surface area (Å²) in [5.41, 5.74) is 5.01. The van der Waals surface area contributed by atoms with Crippen LogP contribution in [0.5, 0.6) is 0 Å². The Bertz CT molecular complexity index is 1060. The summed E-state index contributed by atoms with van der Waals surface area (Å²) in [6, 6.07) is 25.0. The molecule has 144 valence electrons. The molecule has 0 bridgehead atoms. The van der Waals surface area contributed by atoms with E-state index >= 15 is 0 Å². The Hall–Kier alpha value is -2.92. The number of nitrogens with one attached hydrogen (secondary N) is 1. The van der Waals surface area contributed by atoms with Crippen molar-refractivity contribution in [2.75, 3.05) is 0 Å². The Morgan fingerprint density at radius 1 is 0.893 bits per heavy atom. The maximum absolute atomic E-state index is 12.5. The molecule has 0 amide bonds. The first-order chi connectivity index (χ1) is 13.5. The first-order valence-corrected chi connectivity index (χ1v) is 10.7. The lowest BCUT2D eigenvalue weighted by atomic mass is 10.0. The van der Waals surface area contributed by atoms with Gasteiger partial charge in [-0.15, -0.1) is 0 Å². The van der Waals surface area contributed by atoms with Crippen molar-refractivity contribution in [3.05, 3.63) is 101 Å². The Balaban J connectivity index is 1.80. The molecule has 0 atom stereocenters. The van der Waals surface area contributed by atoms with E-state index < -0.39 is 10.0 Å². The second-order valence-electron chi connectivity index (χ2n) is 6.68. The highest BCUT2D eigenvalue weighted by atomic mass is 32.2. The number of aryl methyl sites for hydroxylation is 1.